The lowest BCUT2D eigenvalue weighted by atomic mass is 9.79. The van der Waals surface area contributed by atoms with Crippen LogP contribution in [0, 0.1) is 11.3 Å². The van der Waals surface area contributed by atoms with Gasteiger partial charge in [-0.2, -0.15) is 0 Å². The third-order valence-electron chi connectivity index (χ3n) is 3.49. The lowest BCUT2D eigenvalue weighted by Gasteiger charge is -2.30. The Morgan fingerprint density at radius 3 is 2.62 bits per heavy atom. The molecule has 0 bridgehead atoms. The van der Waals surface area contributed by atoms with Crippen molar-refractivity contribution in [3.63, 3.8) is 0 Å². The first-order valence-electron chi connectivity index (χ1n) is 5.66. The van der Waals surface area contributed by atoms with Crippen molar-refractivity contribution in [2.45, 2.75) is 26.2 Å². The summed E-state index contributed by atoms with van der Waals surface area (Å²) in [5.41, 5.74) is 0.667. The second-order valence-electron chi connectivity index (χ2n) is 4.72. The normalized spacial score (nSPS) is 29.2. The Bertz CT molecular complexity index is 363. The smallest absolute Gasteiger partial charge is 0.319 e. The van der Waals surface area contributed by atoms with Crippen LogP contribution in [-0.4, -0.2) is 20.2 Å². The van der Waals surface area contributed by atoms with Crippen molar-refractivity contribution >= 4 is 5.97 Å². The summed E-state index contributed by atoms with van der Waals surface area (Å²) in [5, 5.41) is 0. The molecule has 2 aliphatic rings. The molecule has 1 saturated carbocycles. The zero-order valence-electron chi connectivity index (χ0n) is 10.1. The number of methoxy groups -OCH3 is 2. The highest BCUT2D eigenvalue weighted by Gasteiger charge is 2.42. The van der Waals surface area contributed by atoms with Crippen molar-refractivity contribution in [2.75, 3.05) is 14.2 Å². The van der Waals surface area contributed by atoms with Crippen LogP contribution >= 0.6 is 0 Å². The number of ether oxygens (including phenoxy) is 2. The van der Waals surface area contributed by atoms with Gasteiger partial charge in [-0.1, -0.05) is 6.08 Å². The first-order valence-corrected chi connectivity index (χ1v) is 5.66. The Labute approximate surface area is 96.1 Å². The minimum atomic E-state index is -0.651. The van der Waals surface area contributed by atoms with E-state index >= 15 is 0 Å². The molecule has 3 nitrogen and oxygen atoms in total. The summed E-state index contributed by atoms with van der Waals surface area (Å²) < 4.78 is 10.2. The van der Waals surface area contributed by atoms with Gasteiger partial charge in [-0.05, 0) is 43.8 Å². The molecule has 2 aliphatic carbocycles. The molecule has 0 spiro atoms. The van der Waals surface area contributed by atoms with E-state index in [1.807, 2.05) is 13.0 Å². The fourth-order valence-corrected chi connectivity index (χ4v) is 2.19. The molecule has 1 unspecified atom stereocenters. The van der Waals surface area contributed by atoms with Crippen molar-refractivity contribution in [3.8, 4) is 0 Å². The Morgan fingerprint density at radius 2 is 2.12 bits per heavy atom. The number of hydrogen-bond acceptors (Lipinski definition) is 3. The number of rotatable bonds is 3. The fourth-order valence-electron chi connectivity index (χ4n) is 2.19. The van der Waals surface area contributed by atoms with Crippen LogP contribution in [0.2, 0.25) is 0 Å². The molecule has 1 fully saturated rings. The Balaban J connectivity index is 2.25. The van der Waals surface area contributed by atoms with Gasteiger partial charge < -0.3 is 9.47 Å². The SMILES string of the molecule is COC(=O)C1(C)CC=C(C2CC2)C=C1OC. The van der Waals surface area contributed by atoms with Crippen LogP contribution in [0.3, 0.4) is 0 Å². The van der Waals surface area contributed by atoms with Gasteiger partial charge in [0, 0.05) is 0 Å². The summed E-state index contributed by atoms with van der Waals surface area (Å²) in [7, 11) is 3.03. The molecular weight excluding hydrogens is 204 g/mol. The molecule has 0 heterocycles. The monoisotopic (exact) mass is 222 g/mol. The van der Waals surface area contributed by atoms with Gasteiger partial charge in [0.2, 0.25) is 0 Å². The topological polar surface area (TPSA) is 35.5 Å². The van der Waals surface area contributed by atoms with Crippen molar-refractivity contribution < 1.29 is 14.3 Å². The molecule has 16 heavy (non-hydrogen) atoms. The molecular formula is C13H18O3. The van der Waals surface area contributed by atoms with Gasteiger partial charge in [-0.25, -0.2) is 0 Å². The van der Waals surface area contributed by atoms with Gasteiger partial charge in [0.15, 0.2) is 0 Å². The van der Waals surface area contributed by atoms with Crippen molar-refractivity contribution in [2.24, 2.45) is 11.3 Å². The molecule has 88 valence electrons. The summed E-state index contributed by atoms with van der Waals surface area (Å²) in [5.74, 6) is 1.18. The Kier molecular flexibility index (Phi) is 2.78. The minimum absolute atomic E-state index is 0.230. The number of hydrogen-bond donors (Lipinski definition) is 0. The molecule has 0 aromatic carbocycles. The third-order valence-corrected chi connectivity index (χ3v) is 3.49. The molecule has 0 aromatic rings. The van der Waals surface area contributed by atoms with E-state index in [0.717, 1.165) is 5.76 Å². The van der Waals surface area contributed by atoms with Crippen LogP contribution in [0.25, 0.3) is 0 Å². The summed E-state index contributed by atoms with van der Waals surface area (Å²) in [6, 6.07) is 0. The van der Waals surface area contributed by atoms with Gasteiger partial charge in [0.25, 0.3) is 0 Å². The number of carbonyl (C=O) groups excluding carboxylic acids is 1. The van der Waals surface area contributed by atoms with E-state index in [0.29, 0.717) is 12.3 Å². The molecule has 2 rings (SSSR count). The molecule has 0 aliphatic heterocycles. The van der Waals surface area contributed by atoms with E-state index in [1.54, 1.807) is 7.11 Å². The van der Waals surface area contributed by atoms with Crippen LogP contribution < -0.4 is 0 Å². The van der Waals surface area contributed by atoms with E-state index in [4.69, 9.17) is 9.47 Å². The predicted octanol–water partition coefficient (Wildman–Crippen LogP) is 2.44. The van der Waals surface area contributed by atoms with E-state index in [9.17, 15) is 4.79 Å². The van der Waals surface area contributed by atoms with E-state index in [-0.39, 0.29) is 5.97 Å². The maximum atomic E-state index is 11.8. The van der Waals surface area contributed by atoms with Gasteiger partial charge in [-0.3, -0.25) is 4.79 Å². The number of carbonyl (C=O) groups is 1. The highest BCUT2D eigenvalue weighted by Crippen LogP contribution is 2.44. The summed E-state index contributed by atoms with van der Waals surface area (Å²) in [4.78, 5) is 11.8. The summed E-state index contributed by atoms with van der Waals surface area (Å²) >= 11 is 0. The second kappa shape index (κ2) is 3.96. The predicted molar refractivity (Wildman–Crippen MR) is 60.6 cm³/mol. The molecule has 3 heteroatoms. The van der Waals surface area contributed by atoms with Crippen LogP contribution in [0.5, 0.6) is 0 Å². The van der Waals surface area contributed by atoms with Crippen molar-refractivity contribution in [1.82, 2.24) is 0 Å². The largest absolute Gasteiger partial charge is 0.500 e. The first kappa shape index (κ1) is 11.2. The van der Waals surface area contributed by atoms with Crippen molar-refractivity contribution in [3.05, 3.63) is 23.5 Å². The number of esters is 1. The zero-order valence-corrected chi connectivity index (χ0v) is 10.1. The minimum Gasteiger partial charge on any atom is -0.500 e. The lowest BCUT2D eigenvalue weighted by Crippen LogP contribution is -2.33. The average Bonchev–Trinajstić information content (AvgIpc) is 3.12. The van der Waals surface area contributed by atoms with Crippen molar-refractivity contribution in [1.29, 1.82) is 0 Å². The molecule has 0 radical (unpaired) electrons. The van der Waals surface area contributed by atoms with Crippen LogP contribution in [0.15, 0.2) is 23.5 Å². The summed E-state index contributed by atoms with van der Waals surface area (Å²) in [6.07, 6.45) is 7.35. The van der Waals surface area contributed by atoms with Crippen LogP contribution in [0.4, 0.5) is 0 Å². The highest BCUT2D eigenvalue weighted by molar-refractivity contribution is 5.80. The standard InChI is InChI=1S/C13H18O3/c1-13(12(14)16-3)7-6-10(9-4-5-9)8-11(13)15-2/h6,8-9H,4-5,7H2,1-3H3. The van der Waals surface area contributed by atoms with E-state index < -0.39 is 5.41 Å². The second-order valence-corrected chi connectivity index (χ2v) is 4.72. The van der Waals surface area contributed by atoms with Gasteiger partial charge in [0.05, 0.1) is 14.2 Å². The lowest BCUT2D eigenvalue weighted by molar-refractivity contribution is -0.151. The molecule has 0 saturated heterocycles. The maximum Gasteiger partial charge on any atom is 0.319 e. The van der Waals surface area contributed by atoms with Gasteiger partial charge >= 0.3 is 5.97 Å². The van der Waals surface area contributed by atoms with Crippen LogP contribution in [-0.2, 0) is 14.3 Å². The Morgan fingerprint density at radius 1 is 1.44 bits per heavy atom. The van der Waals surface area contributed by atoms with Crippen LogP contribution in [0.1, 0.15) is 26.2 Å². The van der Waals surface area contributed by atoms with Gasteiger partial charge in [-0.15, -0.1) is 0 Å². The first-order chi connectivity index (χ1) is 7.61. The molecule has 0 amide bonds. The van der Waals surface area contributed by atoms with E-state index in [1.165, 1.54) is 25.5 Å². The Hall–Kier alpha value is -1.25. The zero-order chi connectivity index (χ0) is 11.8. The molecule has 0 N–H and O–H groups in total. The average molecular weight is 222 g/mol. The quantitative estimate of drug-likeness (QED) is 0.688. The maximum absolute atomic E-state index is 11.8. The summed E-state index contributed by atoms with van der Waals surface area (Å²) in [6.45, 7) is 1.87. The fraction of sp³-hybridized carbons (Fsp3) is 0.615. The molecule has 0 aromatic heterocycles. The number of allylic oxidation sites excluding steroid dienone is 3. The highest BCUT2D eigenvalue weighted by atomic mass is 16.5. The van der Waals surface area contributed by atoms with E-state index in [2.05, 4.69) is 6.08 Å². The van der Waals surface area contributed by atoms with Gasteiger partial charge in [0.1, 0.15) is 11.2 Å². The third kappa shape index (κ3) is 1.75. The molecule has 1 atom stereocenters.